The molecule has 0 radical (unpaired) electrons. The Morgan fingerprint density at radius 1 is 1.21 bits per heavy atom. The van der Waals surface area contributed by atoms with E-state index in [0.717, 1.165) is 25.0 Å². The van der Waals surface area contributed by atoms with Gasteiger partial charge in [0.1, 0.15) is 5.75 Å². The van der Waals surface area contributed by atoms with Crippen LogP contribution in [0.2, 0.25) is 0 Å². The maximum Gasteiger partial charge on any atom is 0.337 e. The van der Waals surface area contributed by atoms with E-state index >= 15 is 0 Å². The first-order valence-corrected chi connectivity index (χ1v) is 6.73. The topological polar surface area (TPSA) is 48.1 Å². The fraction of sp³-hybridized carbons (Fsp3) is 0.533. The van der Waals surface area contributed by atoms with Crippen LogP contribution < -0.4 is 4.74 Å². The molecule has 104 valence electrons. The molecule has 4 heteroatoms. The molecule has 1 aliphatic heterocycles. The van der Waals surface area contributed by atoms with Gasteiger partial charge in [-0.1, -0.05) is 17.7 Å². The quantitative estimate of drug-likeness (QED) is 0.411. The molecule has 0 N–H and O–H groups in total. The van der Waals surface area contributed by atoms with Gasteiger partial charge in [0.15, 0.2) is 6.10 Å². The number of carbonyl (C=O) groups excluding carboxylic acids is 1. The first-order chi connectivity index (χ1) is 9.25. The Morgan fingerprint density at radius 3 is 2.58 bits per heavy atom. The Labute approximate surface area is 113 Å². The van der Waals surface area contributed by atoms with Gasteiger partial charge in [-0.2, -0.15) is 0 Å². The van der Waals surface area contributed by atoms with Crippen LogP contribution >= 0.6 is 0 Å². The molecule has 1 fully saturated rings. The molecule has 2 rings (SSSR count). The third-order valence-corrected chi connectivity index (χ3v) is 2.92. The van der Waals surface area contributed by atoms with Crippen molar-refractivity contribution in [3.63, 3.8) is 0 Å². The van der Waals surface area contributed by atoms with Crippen LogP contribution in [0.4, 0.5) is 0 Å². The Balaban J connectivity index is 1.45. The highest BCUT2D eigenvalue weighted by Crippen LogP contribution is 2.13. The van der Waals surface area contributed by atoms with Crippen molar-refractivity contribution in [3.05, 3.63) is 29.8 Å². The second kappa shape index (κ2) is 7.14. The third kappa shape index (κ3) is 5.30. The average Bonchev–Trinajstić information content (AvgIpc) is 3.24. The lowest BCUT2D eigenvalue weighted by Gasteiger charge is -2.06. The molecule has 19 heavy (non-hydrogen) atoms. The lowest BCUT2D eigenvalue weighted by atomic mass is 10.2. The lowest BCUT2D eigenvalue weighted by molar-refractivity contribution is -0.145. The molecule has 0 aliphatic carbocycles. The van der Waals surface area contributed by atoms with E-state index in [0.29, 0.717) is 19.8 Å². The lowest BCUT2D eigenvalue weighted by Crippen LogP contribution is -2.12. The summed E-state index contributed by atoms with van der Waals surface area (Å²) in [7, 11) is 0. The summed E-state index contributed by atoms with van der Waals surface area (Å²) in [5.74, 6) is 0.679. The molecule has 1 aliphatic rings. The summed E-state index contributed by atoms with van der Waals surface area (Å²) in [6.07, 6.45) is 2.54. The monoisotopic (exact) mass is 264 g/mol. The molecule has 0 bridgehead atoms. The minimum Gasteiger partial charge on any atom is -0.494 e. The van der Waals surface area contributed by atoms with Crippen molar-refractivity contribution >= 4 is 5.97 Å². The van der Waals surface area contributed by atoms with Gasteiger partial charge >= 0.3 is 5.97 Å². The highest BCUT2D eigenvalue weighted by atomic mass is 16.6. The van der Waals surface area contributed by atoms with E-state index < -0.39 is 0 Å². The first kappa shape index (κ1) is 13.9. The Bertz CT molecular complexity index is 395. The van der Waals surface area contributed by atoms with Crippen molar-refractivity contribution in [2.75, 3.05) is 19.8 Å². The van der Waals surface area contributed by atoms with Gasteiger partial charge in [-0.05, 0) is 38.3 Å². The van der Waals surface area contributed by atoms with Crippen molar-refractivity contribution in [2.45, 2.75) is 32.3 Å². The Morgan fingerprint density at radius 2 is 1.89 bits per heavy atom. The molecule has 1 unspecified atom stereocenters. The van der Waals surface area contributed by atoms with Crippen molar-refractivity contribution in [2.24, 2.45) is 0 Å². The van der Waals surface area contributed by atoms with Gasteiger partial charge in [0, 0.05) is 0 Å². The van der Waals surface area contributed by atoms with E-state index in [1.54, 1.807) is 0 Å². The van der Waals surface area contributed by atoms with Gasteiger partial charge < -0.3 is 14.2 Å². The van der Waals surface area contributed by atoms with Gasteiger partial charge in [0.25, 0.3) is 0 Å². The largest absolute Gasteiger partial charge is 0.494 e. The number of unbranched alkanes of at least 4 members (excludes halogenated alkanes) is 2. The Kier molecular flexibility index (Phi) is 5.21. The van der Waals surface area contributed by atoms with Crippen LogP contribution in [0.5, 0.6) is 5.75 Å². The number of esters is 1. The van der Waals surface area contributed by atoms with Crippen LogP contribution in [0.1, 0.15) is 24.8 Å². The molecule has 1 aromatic carbocycles. The van der Waals surface area contributed by atoms with E-state index in [9.17, 15) is 4.79 Å². The number of epoxide rings is 1. The van der Waals surface area contributed by atoms with E-state index in [2.05, 4.69) is 6.92 Å². The maximum absolute atomic E-state index is 11.1. The molecule has 0 spiro atoms. The van der Waals surface area contributed by atoms with Crippen molar-refractivity contribution in [3.8, 4) is 5.75 Å². The summed E-state index contributed by atoms with van der Waals surface area (Å²) in [6.45, 7) is 3.74. The highest BCUT2D eigenvalue weighted by Gasteiger charge is 2.32. The van der Waals surface area contributed by atoms with Gasteiger partial charge in [0.05, 0.1) is 19.8 Å². The predicted molar refractivity (Wildman–Crippen MR) is 71.2 cm³/mol. The number of aryl methyl sites for hydroxylation is 1. The van der Waals surface area contributed by atoms with Crippen LogP contribution in [0.25, 0.3) is 0 Å². The van der Waals surface area contributed by atoms with E-state index in [4.69, 9.17) is 14.2 Å². The van der Waals surface area contributed by atoms with Crippen molar-refractivity contribution < 1.29 is 19.0 Å². The van der Waals surface area contributed by atoms with Gasteiger partial charge in [-0.15, -0.1) is 0 Å². The SMILES string of the molecule is Cc1ccc(OCCCCCOC(=O)C2CO2)cc1. The smallest absolute Gasteiger partial charge is 0.337 e. The fourth-order valence-electron chi connectivity index (χ4n) is 1.66. The zero-order valence-electron chi connectivity index (χ0n) is 11.3. The number of hydrogen-bond acceptors (Lipinski definition) is 4. The maximum atomic E-state index is 11.1. The van der Waals surface area contributed by atoms with Crippen LogP contribution in [0, 0.1) is 6.92 Å². The van der Waals surface area contributed by atoms with Gasteiger partial charge in [-0.25, -0.2) is 4.79 Å². The second-order valence-corrected chi connectivity index (χ2v) is 4.71. The summed E-state index contributed by atoms with van der Waals surface area (Å²) in [5.41, 5.74) is 1.23. The molecule has 1 heterocycles. The average molecular weight is 264 g/mol. The van der Waals surface area contributed by atoms with Crippen molar-refractivity contribution in [1.29, 1.82) is 0 Å². The van der Waals surface area contributed by atoms with Crippen molar-refractivity contribution in [1.82, 2.24) is 0 Å². The molecule has 0 aromatic heterocycles. The third-order valence-electron chi connectivity index (χ3n) is 2.92. The minimum absolute atomic E-state index is 0.226. The molecule has 0 amide bonds. The molecule has 0 saturated carbocycles. The number of rotatable bonds is 8. The summed E-state index contributed by atoms with van der Waals surface area (Å²) < 4.78 is 15.5. The second-order valence-electron chi connectivity index (χ2n) is 4.71. The number of ether oxygens (including phenoxy) is 3. The molecule has 1 saturated heterocycles. The fourth-order valence-corrected chi connectivity index (χ4v) is 1.66. The highest BCUT2D eigenvalue weighted by molar-refractivity contribution is 5.76. The summed E-state index contributed by atoms with van der Waals surface area (Å²) >= 11 is 0. The number of carbonyl (C=O) groups is 1. The standard InChI is InChI=1S/C15H20O4/c1-12-5-7-13(8-6-12)17-9-3-2-4-10-18-15(16)14-11-19-14/h5-8,14H,2-4,9-11H2,1H3. The van der Waals surface area contributed by atoms with Crippen LogP contribution in [0.15, 0.2) is 24.3 Å². The first-order valence-electron chi connectivity index (χ1n) is 6.73. The predicted octanol–water partition coefficient (Wildman–Crippen LogP) is 2.49. The van der Waals surface area contributed by atoms with Crippen LogP contribution in [-0.4, -0.2) is 31.9 Å². The van der Waals surface area contributed by atoms with Gasteiger partial charge in [-0.3, -0.25) is 0 Å². The zero-order chi connectivity index (χ0) is 13.5. The summed E-state index contributed by atoms with van der Waals surface area (Å²) in [4.78, 5) is 11.1. The van der Waals surface area contributed by atoms with E-state index in [1.807, 2.05) is 24.3 Å². The zero-order valence-corrected chi connectivity index (χ0v) is 11.3. The van der Waals surface area contributed by atoms with E-state index in [1.165, 1.54) is 5.56 Å². The normalized spacial score (nSPS) is 17.0. The summed E-state index contributed by atoms with van der Waals surface area (Å²) in [5, 5.41) is 0. The molecule has 4 nitrogen and oxygen atoms in total. The van der Waals surface area contributed by atoms with Crippen LogP contribution in [-0.2, 0) is 14.3 Å². The molecular weight excluding hydrogens is 244 g/mol. The summed E-state index contributed by atoms with van der Waals surface area (Å²) in [6, 6.07) is 8.03. The minimum atomic E-state index is -0.287. The van der Waals surface area contributed by atoms with Gasteiger partial charge in [0.2, 0.25) is 0 Å². The van der Waals surface area contributed by atoms with Crippen LogP contribution in [0.3, 0.4) is 0 Å². The molecular formula is C15H20O4. The molecule has 1 atom stereocenters. The number of benzene rings is 1. The number of hydrogen-bond donors (Lipinski definition) is 0. The Hall–Kier alpha value is -1.55. The van der Waals surface area contributed by atoms with E-state index in [-0.39, 0.29) is 12.1 Å². The molecule has 1 aromatic rings.